The van der Waals surface area contributed by atoms with Crippen molar-refractivity contribution in [1.82, 2.24) is 0 Å². The number of carbonyl (C=O) groups excluding carboxylic acids is 2. The lowest BCUT2D eigenvalue weighted by molar-refractivity contribution is -0.139. The van der Waals surface area contributed by atoms with Gasteiger partial charge in [-0.05, 0) is 25.8 Å². The molecule has 0 saturated carbocycles. The molecule has 0 saturated heterocycles. The molecule has 0 rings (SSSR count). The lowest BCUT2D eigenvalue weighted by atomic mass is 9.99. The van der Waals surface area contributed by atoms with Gasteiger partial charge >= 0.3 is 5.97 Å². The Morgan fingerprint density at radius 2 is 1.73 bits per heavy atom. The van der Waals surface area contributed by atoms with E-state index in [0.29, 0.717) is 17.6 Å². The summed E-state index contributed by atoms with van der Waals surface area (Å²) in [6.45, 7) is 12.3. The Balaban J connectivity index is 3.87. The minimum Gasteiger partial charge on any atom is -0.462 e. The average Bonchev–Trinajstić information content (AvgIpc) is 2.15. The van der Waals surface area contributed by atoms with Crippen LogP contribution in [0.5, 0.6) is 0 Å². The number of ether oxygens (including phenoxy) is 1. The molecule has 0 bridgehead atoms. The first-order chi connectivity index (χ1) is 6.86. The van der Waals surface area contributed by atoms with E-state index >= 15 is 0 Å². The molecule has 1 atom stereocenters. The molecule has 15 heavy (non-hydrogen) atoms. The lowest BCUT2D eigenvalue weighted by Crippen LogP contribution is -2.15. The zero-order valence-corrected chi connectivity index (χ0v) is 9.63. The largest absolute Gasteiger partial charge is 0.462 e. The van der Waals surface area contributed by atoms with Gasteiger partial charge in [-0.1, -0.05) is 20.1 Å². The van der Waals surface area contributed by atoms with Crippen molar-refractivity contribution in [3.05, 3.63) is 24.3 Å². The lowest BCUT2D eigenvalue weighted by Gasteiger charge is -2.10. The predicted molar refractivity (Wildman–Crippen MR) is 59.4 cm³/mol. The molecule has 0 aliphatic rings. The van der Waals surface area contributed by atoms with E-state index in [0.717, 1.165) is 0 Å². The van der Waals surface area contributed by atoms with Gasteiger partial charge in [0.15, 0.2) is 5.78 Å². The topological polar surface area (TPSA) is 43.4 Å². The van der Waals surface area contributed by atoms with Gasteiger partial charge in [0.1, 0.15) is 0 Å². The van der Waals surface area contributed by atoms with E-state index in [-0.39, 0.29) is 18.3 Å². The third-order valence-corrected chi connectivity index (χ3v) is 2.00. The first kappa shape index (κ1) is 13.6. The predicted octanol–water partition coefficient (Wildman–Crippen LogP) is 2.28. The van der Waals surface area contributed by atoms with Crippen LogP contribution in [-0.2, 0) is 14.3 Å². The zero-order valence-electron chi connectivity index (χ0n) is 9.63. The minimum atomic E-state index is -0.412. The number of hydrogen-bond donors (Lipinski definition) is 0. The molecule has 84 valence electrons. The summed E-state index contributed by atoms with van der Waals surface area (Å²) in [5, 5.41) is 0. The Labute approximate surface area is 90.8 Å². The number of rotatable bonds is 6. The summed E-state index contributed by atoms with van der Waals surface area (Å²) in [6.07, 6.45) is 0.519. The molecule has 0 fully saturated rings. The highest BCUT2D eigenvalue weighted by molar-refractivity contribution is 5.95. The second-order valence-corrected chi connectivity index (χ2v) is 3.75. The first-order valence-corrected chi connectivity index (χ1v) is 4.88. The molecule has 0 aliphatic heterocycles. The van der Waals surface area contributed by atoms with Gasteiger partial charge in [-0.15, -0.1) is 0 Å². The van der Waals surface area contributed by atoms with Gasteiger partial charge in [0.25, 0.3) is 0 Å². The van der Waals surface area contributed by atoms with Crippen LogP contribution in [0.3, 0.4) is 0 Å². The van der Waals surface area contributed by atoms with E-state index < -0.39 is 5.97 Å². The average molecular weight is 210 g/mol. The second kappa shape index (κ2) is 6.17. The summed E-state index contributed by atoms with van der Waals surface area (Å²) < 4.78 is 4.88. The zero-order chi connectivity index (χ0) is 12.0. The number of allylic oxidation sites excluding steroid dienone is 1. The molecule has 0 aliphatic carbocycles. The molecule has 3 heteroatoms. The Morgan fingerprint density at radius 1 is 1.20 bits per heavy atom. The van der Waals surface area contributed by atoms with E-state index in [1.54, 1.807) is 20.8 Å². The highest BCUT2D eigenvalue weighted by Gasteiger charge is 2.14. The van der Waals surface area contributed by atoms with E-state index in [1.165, 1.54) is 0 Å². The summed E-state index contributed by atoms with van der Waals surface area (Å²) in [7, 11) is 0. The molecule has 0 aromatic rings. The van der Waals surface area contributed by atoms with Crippen LogP contribution in [0.1, 0.15) is 27.2 Å². The minimum absolute atomic E-state index is 0.0152. The molecular weight excluding hydrogens is 192 g/mol. The molecular formula is C12H18O3. The Hall–Kier alpha value is -1.38. The standard InChI is InChI=1S/C12H18O3/c1-8(2)11(13)10(5)6-7-15-12(14)9(3)4/h10H,1,3,6-7H2,2,4-5H3. The van der Waals surface area contributed by atoms with Gasteiger partial charge in [-0.25, -0.2) is 4.79 Å². The Kier molecular flexibility index (Phi) is 5.60. The number of esters is 1. The van der Waals surface area contributed by atoms with E-state index in [4.69, 9.17) is 4.74 Å². The van der Waals surface area contributed by atoms with Crippen molar-refractivity contribution in [2.75, 3.05) is 6.61 Å². The summed E-state index contributed by atoms with van der Waals surface area (Å²) in [4.78, 5) is 22.4. The quantitative estimate of drug-likeness (QED) is 0.499. The van der Waals surface area contributed by atoms with Crippen LogP contribution in [0.15, 0.2) is 24.3 Å². The smallest absolute Gasteiger partial charge is 0.333 e. The van der Waals surface area contributed by atoms with E-state index in [9.17, 15) is 9.59 Å². The second-order valence-electron chi connectivity index (χ2n) is 3.75. The van der Waals surface area contributed by atoms with Crippen molar-refractivity contribution in [2.24, 2.45) is 5.92 Å². The van der Waals surface area contributed by atoms with Gasteiger partial charge in [-0.2, -0.15) is 0 Å². The van der Waals surface area contributed by atoms with Crippen LogP contribution in [0.2, 0.25) is 0 Å². The fraction of sp³-hybridized carbons (Fsp3) is 0.500. The van der Waals surface area contributed by atoms with Crippen LogP contribution in [0.4, 0.5) is 0 Å². The number of carbonyl (C=O) groups is 2. The SMILES string of the molecule is C=C(C)C(=O)OCCC(C)C(=O)C(=C)C. The summed E-state index contributed by atoms with van der Waals surface area (Å²) in [5.74, 6) is -0.549. The van der Waals surface area contributed by atoms with Crippen LogP contribution < -0.4 is 0 Å². The first-order valence-electron chi connectivity index (χ1n) is 4.88. The van der Waals surface area contributed by atoms with Crippen LogP contribution in [-0.4, -0.2) is 18.4 Å². The number of Topliss-reactive ketones (excluding diaryl/α,β-unsaturated/α-hetero) is 1. The highest BCUT2D eigenvalue weighted by atomic mass is 16.5. The van der Waals surface area contributed by atoms with Crippen LogP contribution in [0.25, 0.3) is 0 Å². The summed E-state index contributed by atoms with van der Waals surface area (Å²) in [5.41, 5.74) is 0.905. The summed E-state index contributed by atoms with van der Waals surface area (Å²) >= 11 is 0. The highest BCUT2D eigenvalue weighted by Crippen LogP contribution is 2.09. The van der Waals surface area contributed by atoms with Crippen molar-refractivity contribution in [1.29, 1.82) is 0 Å². The maximum absolute atomic E-state index is 11.4. The molecule has 0 spiro atoms. The molecule has 0 aromatic carbocycles. The molecule has 1 unspecified atom stereocenters. The van der Waals surface area contributed by atoms with Crippen molar-refractivity contribution < 1.29 is 14.3 Å². The normalized spacial score (nSPS) is 11.7. The summed E-state index contributed by atoms with van der Waals surface area (Å²) in [6, 6.07) is 0. The van der Waals surface area contributed by atoms with Crippen LogP contribution >= 0.6 is 0 Å². The van der Waals surface area contributed by atoms with Gasteiger partial charge in [0.05, 0.1) is 6.61 Å². The molecule has 0 radical (unpaired) electrons. The van der Waals surface area contributed by atoms with Gasteiger partial charge in [0, 0.05) is 11.5 Å². The van der Waals surface area contributed by atoms with Crippen molar-refractivity contribution in [3.63, 3.8) is 0 Å². The monoisotopic (exact) mass is 210 g/mol. The molecule has 0 N–H and O–H groups in total. The molecule has 0 heterocycles. The van der Waals surface area contributed by atoms with E-state index in [2.05, 4.69) is 13.2 Å². The third-order valence-electron chi connectivity index (χ3n) is 2.00. The van der Waals surface area contributed by atoms with Crippen molar-refractivity contribution in [2.45, 2.75) is 27.2 Å². The van der Waals surface area contributed by atoms with Crippen LogP contribution in [0, 0.1) is 5.92 Å². The maximum Gasteiger partial charge on any atom is 0.333 e. The van der Waals surface area contributed by atoms with Crippen molar-refractivity contribution in [3.8, 4) is 0 Å². The Morgan fingerprint density at radius 3 is 2.13 bits per heavy atom. The number of ketones is 1. The maximum atomic E-state index is 11.4. The van der Waals surface area contributed by atoms with Gasteiger partial charge in [-0.3, -0.25) is 4.79 Å². The molecule has 0 aromatic heterocycles. The van der Waals surface area contributed by atoms with E-state index in [1.807, 2.05) is 0 Å². The van der Waals surface area contributed by atoms with Gasteiger partial charge in [0.2, 0.25) is 0 Å². The fourth-order valence-corrected chi connectivity index (χ4v) is 1.00. The molecule has 0 amide bonds. The number of hydrogen-bond acceptors (Lipinski definition) is 3. The third kappa shape index (κ3) is 5.15. The Bertz CT molecular complexity index is 289. The van der Waals surface area contributed by atoms with Gasteiger partial charge < -0.3 is 4.74 Å². The fourth-order valence-electron chi connectivity index (χ4n) is 1.00. The molecule has 3 nitrogen and oxygen atoms in total. The van der Waals surface area contributed by atoms with Crippen molar-refractivity contribution >= 4 is 11.8 Å².